The van der Waals surface area contributed by atoms with E-state index in [0.29, 0.717) is 24.5 Å². The van der Waals surface area contributed by atoms with Crippen molar-refractivity contribution in [1.29, 1.82) is 0 Å². The van der Waals surface area contributed by atoms with Crippen LogP contribution >= 0.6 is 0 Å². The van der Waals surface area contributed by atoms with Crippen molar-refractivity contribution < 1.29 is 13.9 Å². The summed E-state index contributed by atoms with van der Waals surface area (Å²) in [6.45, 7) is 5.22. The van der Waals surface area contributed by atoms with E-state index in [1.54, 1.807) is 29.1 Å². The number of rotatable bonds is 5. The number of hydrogen-bond donors (Lipinski definition) is 1. The maximum absolute atomic E-state index is 14.7. The molecule has 1 saturated heterocycles. The molecule has 7 heteroatoms. The summed E-state index contributed by atoms with van der Waals surface area (Å²) in [4.78, 5) is 14.2. The second-order valence-electron chi connectivity index (χ2n) is 7.70. The molecule has 1 fully saturated rings. The molecule has 0 aliphatic carbocycles. The summed E-state index contributed by atoms with van der Waals surface area (Å²) in [5.74, 6) is -0.708. The van der Waals surface area contributed by atoms with Gasteiger partial charge in [0.15, 0.2) is 0 Å². The van der Waals surface area contributed by atoms with Crippen molar-refractivity contribution in [2.75, 3.05) is 23.3 Å². The lowest BCUT2D eigenvalue weighted by molar-refractivity contribution is -0.111. The Morgan fingerprint density at radius 2 is 1.90 bits per heavy atom. The van der Waals surface area contributed by atoms with Crippen molar-refractivity contribution in [3.05, 3.63) is 78.4 Å². The van der Waals surface area contributed by atoms with Gasteiger partial charge in [0.05, 0.1) is 29.8 Å². The molecule has 2 atom stereocenters. The molecule has 1 aliphatic rings. The summed E-state index contributed by atoms with van der Waals surface area (Å²) in [6, 6.07) is 14.5. The Balaban J connectivity index is 1.39. The lowest BCUT2D eigenvalue weighted by Crippen LogP contribution is -2.45. The Morgan fingerprint density at radius 1 is 1.16 bits per heavy atom. The molecule has 3 aromatic rings. The summed E-state index contributed by atoms with van der Waals surface area (Å²) in [7, 11) is 0. The molecular weight excluding hydrogens is 395 g/mol. The number of carbonyl (C=O) groups is 1. The molecule has 0 spiro atoms. The summed E-state index contributed by atoms with van der Waals surface area (Å²) >= 11 is 0. The first-order valence-electron chi connectivity index (χ1n) is 10.3. The quantitative estimate of drug-likeness (QED) is 0.626. The van der Waals surface area contributed by atoms with Gasteiger partial charge in [-0.3, -0.25) is 4.79 Å². The smallest absolute Gasteiger partial charge is 0.248 e. The minimum Gasteiger partial charge on any atom is -0.372 e. The highest BCUT2D eigenvalue weighted by Crippen LogP contribution is 2.26. The van der Waals surface area contributed by atoms with Gasteiger partial charge in [-0.05, 0) is 50.3 Å². The average Bonchev–Trinajstić information content (AvgIpc) is 3.21. The lowest BCUT2D eigenvalue weighted by Gasteiger charge is -2.37. The fourth-order valence-corrected chi connectivity index (χ4v) is 3.72. The second kappa shape index (κ2) is 9.14. The number of aromatic nitrogens is 2. The minimum absolute atomic E-state index is 0.0407. The molecule has 2 heterocycles. The highest BCUT2D eigenvalue weighted by molar-refractivity contribution is 6.02. The van der Waals surface area contributed by atoms with Crippen LogP contribution in [0, 0.1) is 5.82 Å². The van der Waals surface area contributed by atoms with Gasteiger partial charge in [0.25, 0.3) is 0 Å². The number of carbonyl (C=O) groups excluding carboxylic acids is 1. The van der Waals surface area contributed by atoms with E-state index < -0.39 is 0 Å². The van der Waals surface area contributed by atoms with Gasteiger partial charge in [0.1, 0.15) is 5.82 Å². The average molecular weight is 420 g/mol. The molecule has 0 radical (unpaired) electrons. The van der Waals surface area contributed by atoms with E-state index in [4.69, 9.17) is 4.74 Å². The molecule has 6 nitrogen and oxygen atoms in total. The first-order chi connectivity index (χ1) is 15.0. The zero-order chi connectivity index (χ0) is 21.8. The van der Waals surface area contributed by atoms with Crippen molar-refractivity contribution in [2.24, 2.45) is 0 Å². The van der Waals surface area contributed by atoms with E-state index in [2.05, 4.69) is 10.4 Å². The van der Waals surface area contributed by atoms with Gasteiger partial charge in [-0.25, -0.2) is 9.07 Å². The third-order valence-electron chi connectivity index (χ3n) is 5.03. The number of ether oxygens (including phenoxy) is 1. The third-order valence-corrected chi connectivity index (χ3v) is 5.03. The van der Waals surface area contributed by atoms with Crippen LogP contribution in [0.5, 0.6) is 0 Å². The predicted octanol–water partition coefficient (Wildman–Crippen LogP) is 4.28. The van der Waals surface area contributed by atoms with Crippen LogP contribution in [0.1, 0.15) is 19.4 Å². The molecule has 1 aliphatic heterocycles. The molecule has 1 amide bonds. The van der Waals surface area contributed by atoms with E-state index in [9.17, 15) is 9.18 Å². The molecule has 2 aromatic carbocycles. The van der Waals surface area contributed by atoms with Crippen molar-refractivity contribution in [1.82, 2.24) is 9.78 Å². The number of amides is 1. The number of nitrogens with zero attached hydrogens (tertiary/aromatic N) is 3. The third kappa shape index (κ3) is 5.19. The van der Waals surface area contributed by atoms with Crippen LogP contribution < -0.4 is 10.2 Å². The highest BCUT2D eigenvalue weighted by Gasteiger charge is 2.24. The fraction of sp³-hybridized carbons (Fsp3) is 0.250. The molecule has 2 unspecified atom stereocenters. The van der Waals surface area contributed by atoms with E-state index >= 15 is 0 Å². The Hall–Kier alpha value is -3.45. The van der Waals surface area contributed by atoms with E-state index in [1.807, 2.05) is 55.3 Å². The Bertz CT molecular complexity index is 1070. The Morgan fingerprint density at radius 3 is 2.61 bits per heavy atom. The summed E-state index contributed by atoms with van der Waals surface area (Å²) in [5.41, 5.74) is 2.65. The monoisotopic (exact) mass is 420 g/mol. The van der Waals surface area contributed by atoms with Crippen molar-refractivity contribution in [2.45, 2.75) is 26.1 Å². The van der Waals surface area contributed by atoms with Gasteiger partial charge in [-0.2, -0.15) is 5.10 Å². The molecule has 31 heavy (non-hydrogen) atoms. The normalized spacial score (nSPS) is 19.0. The van der Waals surface area contributed by atoms with Gasteiger partial charge >= 0.3 is 0 Å². The molecule has 4 rings (SSSR count). The number of nitrogens with one attached hydrogen (secondary N) is 1. The maximum atomic E-state index is 14.7. The van der Waals surface area contributed by atoms with Crippen molar-refractivity contribution >= 4 is 23.4 Å². The lowest BCUT2D eigenvalue weighted by atomic mass is 10.2. The minimum atomic E-state index is -0.368. The first-order valence-corrected chi connectivity index (χ1v) is 10.3. The first kappa shape index (κ1) is 20.8. The number of hydrogen-bond acceptors (Lipinski definition) is 4. The van der Waals surface area contributed by atoms with Crippen LogP contribution in [-0.2, 0) is 9.53 Å². The number of anilines is 2. The van der Waals surface area contributed by atoms with Crippen molar-refractivity contribution in [3.63, 3.8) is 0 Å². The zero-order valence-electron chi connectivity index (χ0n) is 17.5. The van der Waals surface area contributed by atoms with E-state index in [-0.39, 0.29) is 23.9 Å². The maximum Gasteiger partial charge on any atom is 0.248 e. The molecule has 0 saturated carbocycles. The second-order valence-corrected chi connectivity index (χ2v) is 7.70. The van der Waals surface area contributed by atoms with E-state index in [1.165, 1.54) is 12.1 Å². The van der Waals surface area contributed by atoms with Gasteiger partial charge in [0.2, 0.25) is 5.91 Å². The van der Waals surface area contributed by atoms with E-state index in [0.717, 1.165) is 11.3 Å². The Labute approximate surface area is 180 Å². The number of benzene rings is 2. The molecular formula is C24H25FN4O2. The standard InChI is InChI=1S/C24H25FN4O2/c1-17-14-28(15-18(2)31-17)23-10-9-20(12-22(23)25)27-24(30)11-8-19-13-26-29(16-19)21-6-4-3-5-7-21/h3-13,16-18H,14-15H2,1-2H3,(H,27,30). The zero-order valence-corrected chi connectivity index (χ0v) is 17.5. The number of morpholine rings is 1. The largest absolute Gasteiger partial charge is 0.372 e. The van der Waals surface area contributed by atoms with Crippen LogP contribution in [0.2, 0.25) is 0 Å². The molecule has 1 N–H and O–H groups in total. The summed E-state index contributed by atoms with van der Waals surface area (Å²) in [5, 5.41) is 7.00. The van der Waals surface area contributed by atoms with Gasteiger partial charge in [0, 0.05) is 36.6 Å². The SMILES string of the molecule is CC1CN(c2ccc(NC(=O)C=Cc3cnn(-c4ccccc4)c3)cc2F)CC(C)O1. The van der Waals surface area contributed by atoms with Crippen LogP contribution in [0.25, 0.3) is 11.8 Å². The molecule has 160 valence electrons. The van der Waals surface area contributed by atoms with Crippen LogP contribution in [0.4, 0.5) is 15.8 Å². The van der Waals surface area contributed by atoms with Gasteiger partial charge < -0.3 is 15.0 Å². The molecule has 1 aromatic heterocycles. The van der Waals surface area contributed by atoms with Crippen molar-refractivity contribution in [3.8, 4) is 5.69 Å². The topological polar surface area (TPSA) is 59.4 Å². The van der Waals surface area contributed by atoms with Gasteiger partial charge in [-0.1, -0.05) is 18.2 Å². The highest BCUT2D eigenvalue weighted by atomic mass is 19.1. The summed E-state index contributed by atoms with van der Waals surface area (Å²) < 4.78 is 22.1. The predicted molar refractivity (Wildman–Crippen MR) is 120 cm³/mol. The summed E-state index contributed by atoms with van der Waals surface area (Å²) in [6.07, 6.45) is 6.66. The number of halogens is 1. The fourth-order valence-electron chi connectivity index (χ4n) is 3.72. The van der Waals surface area contributed by atoms with Gasteiger partial charge in [-0.15, -0.1) is 0 Å². The van der Waals surface area contributed by atoms with Crippen LogP contribution in [0.15, 0.2) is 67.0 Å². The van der Waals surface area contributed by atoms with Crippen LogP contribution in [-0.4, -0.2) is 41.0 Å². The Kier molecular flexibility index (Phi) is 6.13. The van der Waals surface area contributed by atoms with Crippen LogP contribution in [0.3, 0.4) is 0 Å². The number of para-hydroxylation sites is 1. The molecule has 0 bridgehead atoms.